The van der Waals surface area contributed by atoms with Crippen LogP contribution < -0.4 is 0 Å². The van der Waals surface area contributed by atoms with E-state index in [1.807, 2.05) is 30.3 Å². The third-order valence-corrected chi connectivity index (χ3v) is 3.34. The summed E-state index contributed by atoms with van der Waals surface area (Å²) in [5.41, 5.74) is 2.06. The molecule has 5 heteroatoms. The average molecular weight is 281 g/mol. The molecule has 1 aromatic heterocycles. The first kappa shape index (κ1) is 12.9. The molecule has 0 radical (unpaired) electrons. The summed E-state index contributed by atoms with van der Waals surface area (Å²) >= 11 is 0. The molecule has 3 aromatic rings. The molecule has 2 aromatic carbocycles. The van der Waals surface area contributed by atoms with E-state index >= 15 is 0 Å². The molecule has 1 heterocycles. The Morgan fingerprint density at radius 2 is 1.67 bits per heavy atom. The van der Waals surface area contributed by atoms with Crippen molar-refractivity contribution >= 4 is 23.0 Å². The smallest absolute Gasteiger partial charge is 0.416 e. The number of aromatic nitrogens is 1. The minimum atomic E-state index is -1.15. The van der Waals surface area contributed by atoms with Crippen LogP contribution in [0.1, 0.15) is 10.4 Å². The van der Waals surface area contributed by atoms with Crippen LogP contribution in [0.3, 0.4) is 0 Å². The topological polar surface area (TPSA) is 79.5 Å². The lowest BCUT2D eigenvalue weighted by Gasteiger charge is -2.00. The number of fused-ring (bicyclic) bond motifs is 1. The molecule has 0 unspecified atom stereocenters. The van der Waals surface area contributed by atoms with Gasteiger partial charge in [0, 0.05) is 17.1 Å². The van der Waals surface area contributed by atoms with Gasteiger partial charge >= 0.3 is 12.1 Å². The average Bonchev–Trinajstić information content (AvgIpc) is 2.87. The molecule has 2 N–H and O–H groups in total. The van der Waals surface area contributed by atoms with Crippen LogP contribution in [0.4, 0.5) is 4.79 Å². The fourth-order valence-electron chi connectivity index (χ4n) is 2.37. The lowest BCUT2D eigenvalue weighted by atomic mass is 10.0. The lowest BCUT2D eigenvalue weighted by molar-refractivity contribution is 0.0697. The van der Waals surface area contributed by atoms with E-state index in [2.05, 4.69) is 0 Å². The Labute approximate surface area is 119 Å². The van der Waals surface area contributed by atoms with E-state index < -0.39 is 12.1 Å². The second-order valence-corrected chi connectivity index (χ2v) is 4.60. The van der Waals surface area contributed by atoms with E-state index in [0.29, 0.717) is 10.9 Å². The Morgan fingerprint density at radius 1 is 0.952 bits per heavy atom. The van der Waals surface area contributed by atoms with Gasteiger partial charge in [0.25, 0.3) is 0 Å². The monoisotopic (exact) mass is 281 g/mol. The first-order valence-electron chi connectivity index (χ1n) is 6.25. The molecule has 0 spiro atoms. The normalized spacial score (nSPS) is 10.7. The molecule has 104 valence electrons. The minimum absolute atomic E-state index is 0.0581. The van der Waals surface area contributed by atoms with Gasteiger partial charge in [0.2, 0.25) is 0 Å². The molecule has 5 nitrogen and oxygen atoms in total. The molecular weight excluding hydrogens is 270 g/mol. The number of carboxylic acid groups (broad SMARTS) is 2. The summed E-state index contributed by atoms with van der Waals surface area (Å²) < 4.78 is 1.05. The highest BCUT2D eigenvalue weighted by atomic mass is 16.4. The van der Waals surface area contributed by atoms with Gasteiger partial charge < -0.3 is 10.2 Å². The number of benzene rings is 2. The molecule has 0 aliphatic heterocycles. The zero-order chi connectivity index (χ0) is 15.0. The predicted octanol–water partition coefficient (Wildman–Crippen LogP) is 3.53. The SMILES string of the molecule is O=C(O)c1ccc2c(-c3ccccc3)cn(C(=O)O)c2c1. The van der Waals surface area contributed by atoms with Crippen molar-refractivity contribution in [3.63, 3.8) is 0 Å². The number of carbonyl (C=O) groups is 2. The first-order chi connectivity index (χ1) is 10.1. The van der Waals surface area contributed by atoms with Crippen molar-refractivity contribution in [2.75, 3.05) is 0 Å². The number of carboxylic acids is 1. The van der Waals surface area contributed by atoms with Gasteiger partial charge in [0.1, 0.15) is 0 Å². The fraction of sp³-hybridized carbons (Fsp3) is 0. The van der Waals surface area contributed by atoms with Gasteiger partial charge in [0.05, 0.1) is 11.1 Å². The number of nitrogens with zero attached hydrogens (tertiary/aromatic N) is 1. The molecule has 0 atom stereocenters. The zero-order valence-corrected chi connectivity index (χ0v) is 10.9. The Morgan fingerprint density at radius 3 is 2.29 bits per heavy atom. The molecule has 21 heavy (non-hydrogen) atoms. The lowest BCUT2D eigenvalue weighted by Crippen LogP contribution is -2.06. The number of aromatic carboxylic acids is 1. The van der Waals surface area contributed by atoms with E-state index in [1.165, 1.54) is 18.3 Å². The largest absolute Gasteiger partial charge is 0.478 e. The fourth-order valence-corrected chi connectivity index (χ4v) is 2.37. The van der Waals surface area contributed by atoms with Crippen LogP contribution >= 0.6 is 0 Å². The van der Waals surface area contributed by atoms with E-state index in [9.17, 15) is 14.7 Å². The van der Waals surface area contributed by atoms with Gasteiger partial charge in [-0.3, -0.25) is 4.57 Å². The Hall–Kier alpha value is -3.08. The van der Waals surface area contributed by atoms with Crippen molar-refractivity contribution in [3.05, 3.63) is 60.3 Å². The van der Waals surface area contributed by atoms with Crippen molar-refractivity contribution in [2.45, 2.75) is 0 Å². The molecule has 0 amide bonds. The predicted molar refractivity (Wildman–Crippen MR) is 77.8 cm³/mol. The summed E-state index contributed by atoms with van der Waals surface area (Å²) in [5, 5.41) is 19.0. The zero-order valence-electron chi connectivity index (χ0n) is 10.9. The van der Waals surface area contributed by atoms with E-state index in [4.69, 9.17) is 5.11 Å². The van der Waals surface area contributed by atoms with Crippen molar-refractivity contribution < 1.29 is 19.8 Å². The van der Waals surface area contributed by atoms with E-state index in [1.54, 1.807) is 6.07 Å². The van der Waals surface area contributed by atoms with Gasteiger partial charge in [-0.1, -0.05) is 36.4 Å². The molecular formula is C16H11NO4. The molecule has 0 saturated carbocycles. The standard InChI is InChI=1S/C16H11NO4/c18-15(19)11-6-7-12-13(10-4-2-1-3-5-10)9-17(16(20)21)14(12)8-11/h1-9H,(H,18,19)(H,20,21). The van der Waals surface area contributed by atoms with Crippen LogP contribution in [0.5, 0.6) is 0 Å². The maximum atomic E-state index is 11.4. The van der Waals surface area contributed by atoms with Gasteiger partial charge in [-0.05, 0) is 17.7 Å². The maximum absolute atomic E-state index is 11.4. The number of hydrogen-bond donors (Lipinski definition) is 2. The van der Waals surface area contributed by atoms with Gasteiger partial charge in [-0.15, -0.1) is 0 Å². The summed E-state index contributed by atoms with van der Waals surface area (Å²) in [5.74, 6) is -1.09. The second-order valence-electron chi connectivity index (χ2n) is 4.60. The summed E-state index contributed by atoms with van der Waals surface area (Å²) in [4.78, 5) is 22.4. The van der Waals surface area contributed by atoms with Crippen LogP contribution in [0.15, 0.2) is 54.7 Å². The van der Waals surface area contributed by atoms with Crippen LogP contribution in [0.2, 0.25) is 0 Å². The molecule has 0 aliphatic carbocycles. The van der Waals surface area contributed by atoms with Crippen LogP contribution in [-0.2, 0) is 0 Å². The summed E-state index contributed by atoms with van der Waals surface area (Å²) in [7, 11) is 0. The van der Waals surface area contributed by atoms with Crippen molar-refractivity contribution in [3.8, 4) is 11.1 Å². The Balaban J connectivity index is 2.33. The van der Waals surface area contributed by atoms with Gasteiger partial charge in [-0.25, -0.2) is 9.59 Å². The van der Waals surface area contributed by atoms with Crippen molar-refractivity contribution in [1.29, 1.82) is 0 Å². The van der Waals surface area contributed by atoms with Gasteiger partial charge in [-0.2, -0.15) is 0 Å². The van der Waals surface area contributed by atoms with E-state index in [0.717, 1.165) is 15.7 Å². The van der Waals surface area contributed by atoms with Crippen LogP contribution in [0, 0.1) is 0 Å². The van der Waals surface area contributed by atoms with Crippen LogP contribution in [-0.4, -0.2) is 26.8 Å². The molecule has 3 rings (SSSR count). The third kappa shape index (κ3) is 2.14. The molecule has 0 saturated heterocycles. The third-order valence-electron chi connectivity index (χ3n) is 3.34. The minimum Gasteiger partial charge on any atom is -0.478 e. The van der Waals surface area contributed by atoms with Gasteiger partial charge in [0.15, 0.2) is 0 Å². The Kier molecular flexibility index (Phi) is 2.95. The molecule has 0 fully saturated rings. The van der Waals surface area contributed by atoms with Crippen LogP contribution in [0.25, 0.3) is 22.0 Å². The maximum Gasteiger partial charge on any atom is 0.416 e. The highest BCUT2D eigenvalue weighted by Gasteiger charge is 2.15. The van der Waals surface area contributed by atoms with Crippen molar-refractivity contribution in [2.24, 2.45) is 0 Å². The summed E-state index contributed by atoms with van der Waals surface area (Å²) in [6, 6.07) is 13.9. The van der Waals surface area contributed by atoms with E-state index in [-0.39, 0.29) is 5.56 Å². The first-order valence-corrected chi connectivity index (χ1v) is 6.25. The highest BCUT2D eigenvalue weighted by molar-refractivity contribution is 6.03. The second kappa shape index (κ2) is 4.79. The van der Waals surface area contributed by atoms with Crippen molar-refractivity contribution in [1.82, 2.24) is 4.57 Å². The summed E-state index contributed by atoms with van der Waals surface area (Å²) in [6.45, 7) is 0. The quantitative estimate of drug-likeness (QED) is 0.753. The Bertz CT molecular complexity index is 849. The molecule has 0 aliphatic rings. The number of rotatable bonds is 2. The number of hydrogen-bond acceptors (Lipinski definition) is 2. The summed E-state index contributed by atoms with van der Waals surface area (Å²) in [6.07, 6.45) is 0.359. The highest BCUT2D eigenvalue weighted by Crippen LogP contribution is 2.31. The molecule has 0 bridgehead atoms.